The van der Waals surface area contributed by atoms with Gasteiger partial charge >= 0.3 is 0 Å². The number of carbonyl (C=O) groups excluding carboxylic acids is 2. The highest BCUT2D eigenvalue weighted by Crippen LogP contribution is 2.37. The number of likely N-dealkylation sites (tertiary alicyclic amines) is 1. The highest BCUT2D eigenvalue weighted by Gasteiger charge is 2.29. The van der Waals surface area contributed by atoms with Crippen LogP contribution in [0.4, 0.5) is 11.6 Å². The van der Waals surface area contributed by atoms with Gasteiger partial charge in [0.15, 0.2) is 0 Å². The number of fused-ring (bicyclic) bond motifs is 1. The summed E-state index contributed by atoms with van der Waals surface area (Å²) in [4.78, 5) is 41.0. The lowest BCUT2D eigenvalue weighted by Crippen LogP contribution is -2.39. The standard InChI is InChI=1S/C30H33N7O2/c1-2-25(38)36-15-4-7-23(18-36)29-35-26(27-28(31)33-14-16-37(27)29)20-8-10-21(11-9-20)30(39)34-24-17-22(12-13-32-24)19-5-3-6-19/h8-14,16-17,19,23H,2-7,15,18H2,1H3,(H2,31,33)(H,32,34,39). The van der Waals surface area contributed by atoms with E-state index in [4.69, 9.17) is 10.7 Å². The van der Waals surface area contributed by atoms with E-state index in [9.17, 15) is 9.59 Å². The summed E-state index contributed by atoms with van der Waals surface area (Å²) < 4.78 is 2.00. The van der Waals surface area contributed by atoms with Gasteiger partial charge in [-0.25, -0.2) is 15.0 Å². The first-order chi connectivity index (χ1) is 19.0. The van der Waals surface area contributed by atoms with Gasteiger partial charge in [0, 0.05) is 55.1 Å². The van der Waals surface area contributed by atoms with Gasteiger partial charge in [-0.15, -0.1) is 0 Å². The van der Waals surface area contributed by atoms with Crippen molar-refractivity contribution in [3.8, 4) is 11.3 Å². The monoisotopic (exact) mass is 523 g/mol. The fraction of sp³-hybridized carbons (Fsp3) is 0.367. The van der Waals surface area contributed by atoms with Gasteiger partial charge in [-0.05, 0) is 61.4 Å². The first kappa shape index (κ1) is 25.0. The molecule has 9 nitrogen and oxygen atoms in total. The number of imidazole rings is 1. The largest absolute Gasteiger partial charge is 0.382 e. The van der Waals surface area contributed by atoms with Gasteiger partial charge in [0.1, 0.15) is 28.7 Å². The average Bonchev–Trinajstić information content (AvgIpc) is 3.33. The Morgan fingerprint density at radius 1 is 1.03 bits per heavy atom. The van der Waals surface area contributed by atoms with Gasteiger partial charge in [0.2, 0.25) is 5.91 Å². The van der Waals surface area contributed by atoms with Crippen LogP contribution >= 0.6 is 0 Å². The van der Waals surface area contributed by atoms with E-state index < -0.39 is 0 Å². The number of piperidine rings is 1. The second kappa shape index (κ2) is 10.5. The first-order valence-electron chi connectivity index (χ1n) is 13.8. The molecule has 1 unspecified atom stereocenters. The Labute approximate surface area is 227 Å². The number of nitrogens with two attached hydrogens (primary N) is 1. The SMILES string of the molecule is CCC(=O)N1CCCC(c2nc(-c3ccc(C(=O)Nc4cc(C5CCC5)ccn4)cc3)c3c(N)nccn23)C1. The van der Waals surface area contributed by atoms with Crippen LogP contribution < -0.4 is 11.1 Å². The van der Waals surface area contributed by atoms with Gasteiger partial charge in [-0.2, -0.15) is 0 Å². The number of benzene rings is 1. The zero-order valence-corrected chi connectivity index (χ0v) is 22.1. The third kappa shape index (κ3) is 4.84. The molecule has 1 aliphatic heterocycles. The molecule has 9 heteroatoms. The Hall–Kier alpha value is -4.27. The summed E-state index contributed by atoms with van der Waals surface area (Å²) in [7, 11) is 0. The molecule has 39 heavy (non-hydrogen) atoms. The predicted molar refractivity (Wildman–Crippen MR) is 150 cm³/mol. The Morgan fingerprint density at radius 3 is 2.56 bits per heavy atom. The maximum Gasteiger partial charge on any atom is 0.256 e. The van der Waals surface area contributed by atoms with Gasteiger partial charge in [0.05, 0.1) is 0 Å². The second-order valence-electron chi connectivity index (χ2n) is 10.5. The van der Waals surface area contributed by atoms with Gasteiger partial charge in [-0.3, -0.25) is 14.0 Å². The summed E-state index contributed by atoms with van der Waals surface area (Å²) in [5.74, 6) is 2.47. The molecule has 3 aromatic heterocycles. The summed E-state index contributed by atoms with van der Waals surface area (Å²) in [6, 6.07) is 11.4. The number of carbonyl (C=O) groups is 2. The summed E-state index contributed by atoms with van der Waals surface area (Å²) in [5, 5.41) is 2.93. The molecule has 0 radical (unpaired) electrons. The number of nitrogen functional groups attached to an aromatic ring is 1. The minimum Gasteiger partial charge on any atom is -0.382 e. The molecule has 1 aliphatic carbocycles. The molecule has 6 rings (SSSR count). The summed E-state index contributed by atoms with van der Waals surface area (Å²) in [6.45, 7) is 3.32. The number of nitrogens with zero attached hydrogens (tertiary/aromatic N) is 5. The molecule has 1 saturated heterocycles. The molecular formula is C30H33N7O2. The van der Waals surface area contributed by atoms with Crippen LogP contribution in [0.15, 0.2) is 55.0 Å². The van der Waals surface area contributed by atoms with Crippen LogP contribution in [0.25, 0.3) is 16.8 Å². The smallest absolute Gasteiger partial charge is 0.256 e. The van der Waals surface area contributed by atoms with Crippen molar-refractivity contribution in [3.63, 3.8) is 0 Å². The van der Waals surface area contributed by atoms with Crippen molar-refractivity contribution in [2.24, 2.45) is 0 Å². The van der Waals surface area contributed by atoms with Gasteiger partial charge in [-0.1, -0.05) is 25.5 Å². The van der Waals surface area contributed by atoms with E-state index in [1.54, 1.807) is 24.5 Å². The van der Waals surface area contributed by atoms with Crippen LogP contribution in [-0.2, 0) is 4.79 Å². The molecular weight excluding hydrogens is 490 g/mol. The van der Waals surface area contributed by atoms with E-state index >= 15 is 0 Å². The molecule has 2 fully saturated rings. The number of amides is 2. The molecule has 1 saturated carbocycles. The van der Waals surface area contributed by atoms with Crippen molar-refractivity contribution < 1.29 is 9.59 Å². The molecule has 200 valence electrons. The molecule has 0 bridgehead atoms. The van der Waals surface area contributed by atoms with Crippen molar-refractivity contribution in [1.82, 2.24) is 24.3 Å². The molecule has 2 aliphatic rings. The highest BCUT2D eigenvalue weighted by atomic mass is 16.2. The number of hydrogen-bond acceptors (Lipinski definition) is 6. The van der Waals surface area contributed by atoms with Crippen LogP contribution in [0.2, 0.25) is 0 Å². The number of aromatic nitrogens is 4. The minimum absolute atomic E-state index is 0.102. The molecule has 1 aromatic carbocycles. The van der Waals surface area contributed by atoms with Crippen molar-refractivity contribution >= 4 is 29.0 Å². The van der Waals surface area contributed by atoms with Crippen LogP contribution in [0.3, 0.4) is 0 Å². The molecule has 1 atom stereocenters. The van der Waals surface area contributed by atoms with Crippen LogP contribution in [-0.4, -0.2) is 49.2 Å². The van der Waals surface area contributed by atoms with Crippen LogP contribution in [0, 0.1) is 0 Å². The van der Waals surface area contributed by atoms with E-state index in [1.807, 2.05) is 46.7 Å². The Kier molecular flexibility index (Phi) is 6.72. The highest BCUT2D eigenvalue weighted by molar-refractivity contribution is 6.04. The maximum atomic E-state index is 13.0. The van der Waals surface area contributed by atoms with E-state index in [0.717, 1.165) is 42.0 Å². The van der Waals surface area contributed by atoms with E-state index in [-0.39, 0.29) is 17.7 Å². The van der Waals surface area contributed by atoms with E-state index in [1.165, 1.54) is 24.8 Å². The van der Waals surface area contributed by atoms with Crippen molar-refractivity contribution in [2.45, 2.75) is 57.3 Å². The molecule has 4 heterocycles. The van der Waals surface area contributed by atoms with E-state index in [2.05, 4.69) is 15.3 Å². The molecule has 3 N–H and O–H groups in total. The van der Waals surface area contributed by atoms with Crippen molar-refractivity contribution in [3.05, 3.63) is 71.9 Å². The predicted octanol–water partition coefficient (Wildman–Crippen LogP) is 5.01. The number of anilines is 2. The molecule has 0 spiro atoms. The quantitative estimate of drug-likeness (QED) is 0.367. The number of nitrogens with one attached hydrogen (secondary N) is 1. The fourth-order valence-electron chi connectivity index (χ4n) is 5.69. The topological polar surface area (TPSA) is 119 Å². The third-order valence-corrected chi connectivity index (χ3v) is 8.07. The lowest BCUT2D eigenvalue weighted by molar-refractivity contribution is -0.132. The summed E-state index contributed by atoms with van der Waals surface area (Å²) >= 11 is 0. The zero-order valence-electron chi connectivity index (χ0n) is 22.1. The lowest BCUT2D eigenvalue weighted by atomic mass is 9.80. The van der Waals surface area contributed by atoms with Crippen LogP contribution in [0.1, 0.15) is 79.0 Å². The van der Waals surface area contributed by atoms with Crippen LogP contribution in [0.5, 0.6) is 0 Å². The Bertz CT molecular complexity index is 1520. The summed E-state index contributed by atoms with van der Waals surface area (Å²) in [5.41, 5.74) is 10.4. The number of pyridine rings is 1. The average molecular weight is 524 g/mol. The van der Waals surface area contributed by atoms with Crippen molar-refractivity contribution in [1.29, 1.82) is 0 Å². The zero-order chi connectivity index (χ0) is 26.9. The number of rotatable bonds is 6. The van der Waals surface area contributed by atoms with Gasteiger partial charge in [0.25, 0.3) is 5.91 Å². The minimum atomic E-state index is -0.209. The number of hydrogen-bond donors (Lipinski definition) is 2. The third-order valence-electron chi connectivity index (χ3n) is 8.07. The normalized spacial score (nSPS) is 17.7. The fourth-order valence-corrected chi connectivity index (χ4v) is 5.69. The molecule has 2 amide bonds. The first-order valence-corrected chi connectivity index (χ1v) is 13.8. The van der Waals surface area contributed by atoms with Crippen molar-refractivity contribution in [2.75, 3.05) is 24.1 Å². The molecule has 4 aromatic rings. The Balaban J connectivity index is 1.26. The maximum absolute atomic E-state index is 13.0. The second-order valence-corrected chi connectivity index (χ2v) is 10.5. The Morgan fingerprint density at radius 2 is 1.82 bits per heavy atom. The van der Waals surface area contributed by atoms with Gasteiger partial charge < -0.3 is 16.0 Å². The lowest BCUT2D eigenvalue weighted by Gasteiger charge is -2.32. The summed E-state index contributed by atoms with van der Waals surface area (Å²) in [6.07, 6.45) is 11.3. The van der Waals surface area contributed by atoms with E-state index in [0.29, 0.717) is 36.1 Å².